The molecular weight excluding hydrogens is 238 g/mol. The average molecular weight is 259 g/mol. The first-order chi connectivity index (χ1) is 9.22. The monoisotopic (exact) mass is 259 g/mol. The van der Waals surface area contributed by atoms with Gasteiger partial charge in [0.05, 0.1) is 6.61 Å². The van der Waals surface area contributed by atoms with Crippen molar-refractivity contribution in [3.05, 3.63) is 35.4 Å². The third-order valence-electron chi connectivity index (χ3n) is 4.75. The van der Waals surface area contributed by atoms with E-state index in [9.17, 15) is 4.79 Å². The van der Waals surface area contributed by atoms with Crippen molar-refractivity contribution in [1.29, 1.82) is 0 Å². The maximum atomic E-state index is 11.8. The summed E-state index contributed by atoms with van der Waals surface area (Å²) in [5.41, 5.74) is 3.38. The van der Waals surface area contributed by atoms with E-state index in [2.05, 4.69) is 24.3 Å². The maximum absolute atomic E-state index is 11.8. The van der Waals surface area contributed by atoms with Crippen LogP contribution in [-0.4, -0.2) is 35.6 Å². The van der Waals surface area contributed by atoms with Gasteiger partial charge in [-0.3, -0.25) is 4.79 Å². The van der Waals surface area contributed by atoms with Gasteiger partial charge >= 0.3 is 0 Å². The molecule has 0 bridgehead atoms. The van der Waals surface area contributed by atoms with Gasteiger partial charge in [0.1, 0.15) is 0 Å². The van der Waals surface area contributed by atoms with Gasteiger partial charge in [0.2, 0.25) is 5.91 Å². The zero-order valence-electron chi connectivity index (χ0n) is 11.3. The quantitative estimate of drug-likeness (QED) is 0.879. The van der Waals surface area contributed by atoms with Crippen LogP contribution in [0.25, 0.3) is 0 Å². The molecule has 1 aliphatic carbocycles. The molecule has 0 saturated carbocycles. The average Bonchev–Trinajstić information content (AvgIpc) is 2.77. The fraction of sp³-hybridized carbons (Fsp3) is 0.562. The number of hydrogen-bond acceptors (Lipinski definition) is 2. The summed E-state index contributed by atoms with van der Waals surface area (Å²) in [6, 6.07) is 8.73. The van der Waals surface area contributed by atoms with Gasteiger partial charge in [-0.1, -0.05) is 24.3 Å². The highest BCUT2D eigenvalue weighted by Gasteiger charge is 2.40. The third-order valence-corrected chi connectivity index (χ3v) is 4.75. The van der Waals surface area contributed by atoms with Gasteiger partial charge in [-0.15, -0.1) is 0 Å². The number of hydrogen-bond donors (Lipinski definition) is 1. The van der Waals surface area contributed by atoms with Crippen molar-refractivity contribution < 1.29 is 9.90 Å². The Kier molecular flexibility index (Phi) is 3.31. The predicted octanol–water partition coefficient (Wildman–Crippen LogP) is 1.78. The largest absolute Gasteiger partial charge is 0.396 e. The van der Waals surface area contributed by atoms with Gasteiger partial charge in [-0.2, -0.15) is 0 Å². The highest BCUT2D eigenvalue weighted by Crippen LogP contribution is 2.44. The molecule has 1 fully saturated rings. The fourth-order valence-electron chi connectivity index (χ4n) is 3.61. The van der Waals surface area contributed by atoms with E-state index in [1.165, 1.54) is 24.0 Å². The van der Waals surface area contributed by atoms with E-state index in [-0.39, 0.29) is 18.9 Å². The van der Waals surface area contributed by atoms with Crippen LogP contribution in [-0.2, 0) is 17.6 Å². The van der Waals surface area contributed by atoms with E-state index >= 15 is 0 Å². The lowest BCUT2D eigenvalue weighted by molar-refractivity contribution is -0.134. The van der Waals surface area contributed by atoms with E-state index < -0.39 is 0 Å². The van der Waals surface area contributed by atoms with Crippen molar-refractivity contribution in [1.82, 2.24) is 4.90 Å². The molecule has 3 rings (SSSR count). The number of likely N-dealkylation sites (tertiary alicyclic amines) is 1. The number of fused-ring (bicyclic) bond motifs is 1. The second-order valence-electron chi connectivity index (χ2n) is 5.98. The van der Waals surface area contributed by atoms with Crippen LogP contribution in [0.4, 0.5) is 0 Å². The zero-order chi connectivity index (χ0) is 13.3. The lowest BCUT2D eigenvalue weighted by atomic mass is 9.76. The number of benzene rings is 1. The first-order valence-corrected chi connectivity index (χ1v) is 7.18. The first-order valence-electron chi connectivity index (χ1n) is 7.18. The molecule has 0 aromatic heterocycles. The number of amides is 1. The molecule has 1 aliphatic heterocycles. The van der Waals surface area contributed by atoms with Gasteiger partial charge < -0.3 is 10.0 Å². The molecule has 102 valence electrons. The lowest BCUT2D eigenvalue weighted by Gasteiger charge is -2.39. The van der Waals surface area contributed by atoms with Gasteiger partial charge in [0.25, 0.3) is 0 Å². The summed E-state index contributed by atoms with van der Waals surface area (Å²) in [7, 11) is 0. The SMILES string of the molecule is O=C(CCO)N1CCC2(CC1)Cc1ccccc1C2. The summed E-state index contributed by atoms with van der Waals surface area (Å²) in [4.78, 5) is 13.7. The van der Waals surface area contributed by atoms with Crippen molar-refractivity contribution in [3.63, 3.8) is 0 Å². The smallest absolute Gasteiger partial charge is 0.224 e. The Morgan fingerprint density at radius 1 is 1.16 bits per heavy atom. The predicted molar refractivity (Wildman–Crippen MR) is 73.8 cm³/mol. The molecule has 2 aliphatic rings. The van der Waals surface area contributed by atoms with Crippen LogP contribution >= 0.6 is 0 Å². The summed E-state index contributed by atoms with van der Waals surface area (Å²) in [6.45, 7) is 1.67. The van der Waals surface area contributed by atoms with Gasteiger partial charge in [0, 0.05) is 19.5 Å². The van der Waals surface area contributed by atoms with Crippen molar-refractivity contribution in [3.8, 4) is 0 Å². The minimum Gasteiger partial charge on any atom is -0.396 e. The van der Waals surface area contributed by atoms with Crippen LogP contribution < -0.4 is 0 Å². The Morgan fingerprint density at radius 2 is 1.74 bits per heavy atom. The highest BCUT2D eigenvalue weighted by molar-refractivity contribution is 5.76. The summed E-state index contributed by atoms with van der Waals surface area (Å²) in [5, 5.41) is 8.84. The van der Waals surface area contributed by atoms with Crippen molar-refractivity contribution in [2.45, 2.75) is 32.1 Å². The number of carbonyl (C=O) groups excluding carboxylic acids is 1. The normalized spacial score (nSPS) is 20.6. The molecule has 1 aromatic carbocycles. The lowest BCUT2D eigenvalue weighted by Crippen LogP contribution is -2.43. The number of piperidine rings is 1. The van der Waals surface area contributed by atoms with Crippen LogP contribution in [0.1, 0.15) is 30.4 Å². The van der Waals surface area contributed by atoms with E-state index in [1.54, 1.807) is 0 Å². The maximum Gasteiger partial charge on any atom is 0.224 e. The molecule has 19 heavy (non-hydrogen) atoms. The minimum atomic E-state index is -0.0358. The molecule has 3 heteroatoms. The van der Waals surface area contributed by atoms with E-state index in [4.69, 9.17) is 5.11 Å². The van der Waals surface area contributed by atoms with E-state index in [1.807, 2.05) is 4.90 Å². The number of carbonyl (C=O) groups is 1. The van der Waals surface area contributed by atoms with Gasteiger partial charge in [-0.25, -0.2) is 0 Å². The molecule has 1 spiro atoms. The molecule has 1 amide bonds. The zero-order valence-corrected chi connectivity index (χ0v) is 11.3. The second-order valence-corrected chi connectivity index (χ2v) is 5.98. The molecule has 1 heterocycles. The Hall–Kier alpha value is -1.35. The van der Waals surface area contributed by atoms with Crippen LogP contribution in [0.3, 0.4) is 0 Å². The van der Waals surface area contributed by atoms with E-state index in [0.29, 0.717) is 5.41 Å². The van der Waals surface area contributed by atoms with Gasteiger partial charge in [-0.05, 0) is 42.2 Å². The van der Waals surface area contributed by atoms with Crippen LogP contribution in [0.15, 0.2) is 24.3 Å². The van der Waals surface area contributed by atoms with Crippen molar-refractivity contribution in [2.24, 2.45) is 5.41 Å². The topological polar surface area (TPSA) is 40.5 Å². The van der Waals surface area contributed by atoms with Crippen molar-refractivity contribution >= 4 is 5.91 Å². The minimum absolute atomic E-state index is 0.0358. The summed E-state index contributed by atoms with van der Waals surface area (Å²) in [5.74, 6) is 0.105. The summed E-state index contributed by atoms with van der Waals surface area (Å²) in [6.07, 6.45) is 4.81. The molecule has 0 unspecified atom stereocenters. The number of aliphatic hydroxyl groups is 1. The van der Waals surface area contributed by atoms with Gasteiger partial charge in [0.15, 0.2) is 0 Å². The number of aliphatic hydroxyl groups excluding tert-OH is 1. The fourth-order valence-corrected chi connectivity index (χ4v) is 3.61. The molecule has 0 radical (unpaired) electrons. The Labute approximate surface area is 114 Å². The van der Waals surface area contributed by atoms with Crippen LogP contribution in [0.2, 0.25) is 0 Å². The number of nitrogens with zero attached hydrogens (tertiary/aromatic N) is 1. The first kappa shape index (κ1) is 12.7. The summed E-state index contributed by atoms with van der Waals surface area (Å²) >= 11 is 0. The highest BCUT2D eigenvalue weighted by atomic mass is 16.3. The van der Waals surface area contributed by atoms with Crippen LogP contribution in [0, 0.1) is 5.41 Å². The Bertz CT molecular complexity index is 448. The molecular formula is C16H21NO2. The molecule has 1 aromatic rings. The van der Waals surface area contributed by atoms with Crippen LogP contribution in [0.5, 0.6) is 0 Å². The standard InChI is InChI=1S/C16H21NO2/c18-10-5-15(19)17-8-6-16(7-9-17)11-13-3-1-2-4-14(13)12-16/h1-4,18H,5-12H2. The second kappa shape index (κ2) is 4.97. The molecule has 1 N–H and O–H groups in total. The van der Waals surface area contributed by atoms with E-state index in [0.717, 1.165) is 25.9 Å². The third kappa shape index (κ3) is 2.39. The molecule has 0 atom stereocenters. The Balaban J connectivity index is 1.64. The summed E-state index contributed by atoms with van der Waals surface area (Å²) < 4.78 is 0. The van der Waals surface area contributed by atoms with Crippen molar-refractivity contribution in [2.75, 3.05) is 19.7 Å². The Morgan fingerprint density at radius 3 is 2.26 bits per heavy atom. The molecule has 1 saturated heterocycles. The molecule has 3 nitrogen and oxygen atoms in total. The number of rotatable bonds is 2.